The second-order valence-corrected chi connectivity index (χ2v) is 5.74. The summed E-state index contributed by atoms with van der Waals surface area (Å²) in [6.07, 6.45) is 2.13. The molecule has 0 aliphatic heterocycles. The van der Waals surface area contributed by atoms with Crippen molar-refractivity contribution in [1.29, 1.82) is 0 Å². The molecule has 1 aromatic carbocycles. The zero-order chi connectivity index (χ0) is 14.4. The van der Waals surface area contributed by atoms with Crippen LogP contribution in [0.15, 0.2) is 22.7 Å². The first kappa shape index (κ1) is 16.5. The first-order chi connectivity index (χ1) is 9.04. The van der Waals surface area contributed by atoms with Crippen molar-refractivity contribution in [2.24, 2.45) is 5.73 Å². The lowest BCUT2D eigenvalue weighted by Crippen LogP contribution is -2.37. The van der Waals surface area contributed by atoms with Crippen LogP contribution in [0, 0.1) is 0 Å². The molecule has 1 aromatic rings. The molecule has 3 nitrogen and oxygen atoms in total. The van der Waals surface area contributed by atoms with Crippen molar-refractivity contribution in [1.82, 2.24) is 0 Å². The van der Waals surface area contributed by atoms with E-state index in [0.29, 0.717) is 12.6 Å². The number of aliphatic hydroxyl groups excluding tert-OH is 1. The van der Waals surface area contributed by atoms with E-state index in [1.54, 1.807) is 0 Å². The van der Waals surface area contributed by atoms with Crippen LogP contribution in [0.2, 0.25) is 0 Å². The average molecular weight is 329 g/mol. The van der Waals surface area contributed by atoms with Crippen LogP contribution >= 0.6 is 15.9 Å². The van der Waals surface area contributed by atoms with Crippen LogP contribution in [-0.4, -0.2) is 24.3 Å². The number of anilines is 1. The summed E-state index contributed by atoms with van der Waals surface area (Å²) in [5.74, 6) is 0. The third-order valence-electron chi connectivity index (χ3n) is 3.53. The van der Waals surface area contributed by atoms with Crippen LogP contribution in [0.4, 0.5) is 5.69 Å². The van der Waals surface area contributed by atoms with Gasteiger partial charge in [0.1, 0.15) is 0 Å². The SMILES string of the molecule is CCC(CC)N(CCO)c1ccc([C@H](C)N)cc1Br. The highest BCUT2D eigenvalue weighted by molar-refractivity contribution is 9.10. The van der Waals surface area contributed by atoms with Gasteiger partial charge in [-0.2, -0.15) is 0 Å². The molecule has 0 heterocycles. The predicted molar refractivity (Wildman–Crippen MR) is 85.5 cm³/mol. The minimum absolute atomic E-state index is 0.0322. The lowest BCUT2D eigenvalue weighted by molar-refractivity contribution is 0.296. The number of halogens is 1. The van der Waals surface area contributed by atoms with Gasteiger partial charge in [0.2, 0.25) is 0 Å². The van der Waals surface area contributed by atoms with Gasteiger partial charge in [0, 0.05) is 23.1 Å². The summed E-state index contributed by atoms with van der Waals surface area (Å²) in [5, 5.41) is 9.29. The van der Waals surface area contributed by atoms with E-state index in [4.69, 9.17) is 5.73 Å². The summed E-state index contributed by atoms with van der Waals surface area (Å²) in [5.41, 5.74) is 8.15. The van der Waals surface area contributed by atoms with Gasteiger partial charge in [-0.05, 0) is 53.4 Å². The second-order valence-electron chi connectivity index (χ2n) is 4.89. The Kier molecular flexibility index (Phi) is 6.83. The van der Waals surface area contributed by atoms with Crippen molar-refractivity contribution >= 4 is 21.6 Å². The van der Waals surface area contributed by atoms with E-state index in [1.807, 2.05) is 6.92 Å². The monoisotopic (exact) mass is 328 g/mol. The maximum absolute atomic E-state index is 9.29. The summed E-state index contributed by atoms with van der Waals surface area (Å²) in [6.45, 7) is 7.17. The van der Waals surface area contributed by atoms with Gasteiger partial charge in [-0.25, -0.2) is 0 Å². The highest BCUT2D eigenvalue weighted by atomic mass is 79.9. The smallest absolute Gasteiger partial charge is 0.0606 e. The first-order valence-corrected chi connectivity index (χ1v) is 7.76. The largest absolute Gasteiger partial charge is 0.395 e. The summed E-state index contributed by atoms with van der Waals surface area (Å²) in [4.78, 5) is 2.27. The Hall–Kier alpha value is -0.580. The van der Waals surface area contributed by atoms with E-state index >= 15 is 0 Å². The fraction of sp³-hybridized carbons (Fsp3) is 0.600. The van der Waals surface area contributed by atoms with E-state index < -0.39 is 0 Å². The fourth-order valence-corrected chi connectivity index (χ4v) is 3.00. The molecule has 108 valence electrons. The van der Waals surface area contributed by atoms with Crippen LogP contribution in [0.5, 0.6) is 0 Å². The van der Waals surface area contributed by atoms with Crippen molar-refractivity contribution in [2.45, 2.75) is 45.7 Å². The molecule has 0 aromatic heterocycles. The predicted octanol–water partition coefficient (Wildman–Crippen LogP) is 3.46. The van der Waals surface area contributed by atoms with Crippen molar-refractivity contribution in [3.05, 3.63) is 28.2 Å². The number of hydrogen-bond acceptors (Lipinski definition) is 3. The quantitative estimate of drug-likeness (QED) is 0.805. The molecule has 0 amide bonds. The molecular weight excluding hydrogens is 304 g/mol. The number of hydrogen-bond donors (Lipinski definition) is 2. The Balaban J connectivity index is 3.08. The van der Waals surface area contributed by atoms with Gasteiger partial charge in [-0.1, -0.05) is 19.9 Å². The standard InChI is InChI=1S/C15H25BrN2O/c1-4-13(5-2)18(8-9-19)15-7-6-12(11(3)17)10-14(15)16/h6-7,10-11,13,19H,4-5,8-9,17H2,1-3H3/t11-/m0/s1. The van der Waals surface area contributed by atoms with Crippen LogP contribution in [0.25, 0.3) is 0 Å². The third kappa shape index (κ3) is 4.20. The maximum Gasteiger partial charge on any atom is 0.0606 e. The number of nitrogens with two attached hydrogens (primary N) is 1. The number of nitrogens with zero attached hydrogens (tertiary/aromatic N) is 1. The summed E-state index contributed by atoms with van der Waals surface area (Å²) >= 11 is 3.63. The van der Waals surface area contributed by atoms with Crippen LogP contribution in [0.1, 0.15) is 45.2 Å². The molecule has 1 rings (SSSR count). The van der Waals surface area contributed by atoms with E-state index in [-0.39, 0.29) is 12.6 Å². The summed E-state index contributed by atoms with van der Waals surface area (Å²) < 4.78 is 1.04. The van der Waals surface area contributed by atoms with Crippen LogP contribution in [-0.2, 0) is 0 Å². The van der Waals surface area contributed by atoms with Gasteiger partial charge in [-0.15, -0.1) is 0 Å². The molecule has 3 N–H and O–H groups in total. The highest BCUT2D eigenvalue weighted by Crippen LogP contribution is 2.31. The maximum atomic E-state index is 9.29. The Morgan fingerprint density at radius 3 is 2.37 bits per heavy atom. The van der Waals surface area contributed by atoms with E-state index in [2.05, 4.69) is 52.9 Å². The Labute approximate surface area is 124 Å². The third-order valence-corrected chi connectivity index (χ3v) is 4.17. The first-order valence-electron chi connectivity index (χ1n) is 6.97. The molecule has 0 aliphatic carbocycles. The molecule has 0 unspecified atom stereocenters. The number of benzene rings is 1. The molecule has 4 heteroatoms. The zero-order valence-corrected chi connectivity index (χ0v) is 13.7. The summed E-state index contributed by atoms with van der Waals surface area (Å²) in [7, 11) is 0. The topological polar surface area (TPSA) is 49.5 Å². The van der Waals surface area contributed by atoms with Crippen molar-refractivity contribution in [3.8, 4) is 0 Å². The van der Waals surface area contributed by atoms with Gasteiger partial charge < -0.3 is 15.7 Å². The molecule has 0 spiro atoms. The van der Waals surface area contributed by atoms with Gasteiger partial charge in [0.05, 0.1) is 12.3 Å². The fourth-order valence-electron chi connectivity index (χ4n) is 2.38. The number of aliphatic hydroxyl groups is 1. The molecule has 0 bridgehead atoms. The normalized spacial score (nSPS) is 12.8. The molecular formula is C15H25BrN2O. The molecule has 0 saturated heterocycles. The summed E-state index contributed by atoms with van der Waals surface area (Å²) in [6, 6.07) is 6.72. The van der Waals surface area contributed by atoms with E-state index in [9.17, 15) is 5.11 Å². The molecule has 0 fully saturated rings. The lowest BCUT2D eigenvalue weighted by atomic mass is 10.1. The zero-order valence-electron chi connectivity index (χ0n) is 12.1. The molecule has 19 heavy (non-hydrogen) atoms. The number of rotatable bonds is 7. The van der Waals surface area contributed by atoms with Crippen molar-refractivity contribution < 1.29 is 5.11 Å². The molecule has 0 radical (unpaired) electrons. The van der Waals surface area contributed by atoms with Gasteiger partial charge >= 0.3 is 0 Å². The van der Waals surface area contributed by atoms with E-state index in [0.717, 1.165) is 28.6 Å². The van der Waals surface area contributed by atoms with Gasteiger partial charge in [0.15, 0.2) is 0 Å². The molecule has 0 aliphatic rings. The van der Waals surface area contributed by atoms with Gasteiger partial charge in [-0.3, -0.25) is 0 Å². The molecule has 0 saturated carbocycles. The van der Waals surface area contributed by atoms with Crippen molar-refractivity contribution in [2.75, 3.05) is 18.1 Å². The Morgan fingerprint density at radius 1 is 1.32 bits per heavy atom. The second kappa shape index (κ2) is 7.88. The van der Waals surface area contributed by atoms with E-state index in [1.165, 1.54) is 0 Å². The Bertz CT molecular complexity index is 392. The minimum Gasteiger partial charge on any atom is -0.395 e. The minimum atomic E-state index is 0.0322. The lowest BCUT2D eigenvalue weighted by Gasteiger charge is -2.33. The van der Waals surface area contributed by atoms with Crippen LogP contribution in [0.3, 0.4) is 0 Å². The average Bonchev–Trinajstić information content (AvgIpc) is 2.39. The van der Waals surface area contributed by atoms with Crippen LogP contribution < -0.4 is 10.6 Å². The van der Waals surface area contributed by atoms with Gasteiger partial charge in [0.25, 0.3) is 0 Å². The highest BCUT2D eigenvalue weighted by Gasteiger charge is 2.18. The molecule has 1 atom stereocenters. The van der Waals surface area contributed by atoms with Crippen molar-refractivity contribution in [3.63, 3.8) is 0 Å². The Morgan fingerprint density at radius 2 is 1.95 bits per heavy atom.